The van der Waals surface area contributed by atoms with Gasteiger partial charge in [0, 0.05) is 30.8 Å². The molecule has 0 spiro atoms. The summed E-state index contributed by atoms with van der Waals surface area (Å²) in [6.45, 7) is 8.14. The lowest BCUT2D eigenvalue weighted by Gasteiger charge is -2.28. The molecule has 0 saturated heterocycles. The lowest BCUT2D eigenvalue weighted by Crippen LogP contribution is -2.27. The van der Waals surface area contributed by atoms with Crippen LogP contribution in [0.2, 0.25) is 0 Å². The molecular formula is C26H28N4O3S2. The minimum atomic E-state index is -3.25. The van der Waals surface area contributed by atoms with Crippen molar-refractivity contribution in [2.45, 2.75) is 51.3 Å². The number of hydrogen-bond donors (Lipinski definition) is 1. The van der Waals surface area contributed by atoms with E-state index in [9.17, 15) is 13.2 Å². The first-order valence-corrected chi connectivity index (χ1v) is 14.1. The number of aromatic nitrogens is 1. The van der Waals surface area contributed by atoms with Gasteiger partial charge >= 0.3 is 0 Å². The van der Waals surface area contributed by atoms with Crippen LogP contribution in [0.3, 0.4) is 0 Å². The Kier molecular flexibility index (Phi) is 7.08. The summed E-state index contributed by atoms with van der Waals surface area (Å²) >= 11 is 1.43. The second-order valence-electron chi connectivity index (χ2n) is 9.27. The van der Waals surface area contributed by atoms with Gasteiger partial charge in [-0.25, -0.2) is 13.4 Å². The van der Waals surface area contributed by atoms with E-state index in [-0.39, 0.29) is 16.8 Å². The van der Waals surface area contributed by atoms with E-state index in [4.69, 9.17) is 10.2 Å². The number of hydrogen-bond acceptors (Lipinski definition) is 7. The minimum absolute atomic E-state index is 0.112. The van der Waals surface area contributed by atoms with E-state index in [1.54, 1.807) is 24.3 Å². The summed E-state index contributed by atoms with van der Waals surface area (Å²) in [6.07, 6.45) is 1.17. The number of carbonyl (C=O) groups is 1. The van der Waals surface area contributed by atoms with Crippen LogP contribution in [0.1, 0.15) is 62.5 Å². The molecule has 0 fully saturated rings. The summed E-state index contributed by atoms with van der Waals surface area (Å²) < 4.78 is 23.2. The van der Waals surface area contributed by atoms with Crippen LogP contribution in [0.4, 0.5) is 0 Å². The fourth-order valence-corrected chi connectivity index (χ4v) is 6.10. The normalized spacial score (nSPS) is 15.7. The average Bonchev–Trinajstić information content (AvgIpc) is 3.36. The standard InChI is InChI=1S/C26H28N4O3S2/c1-16(2)24-23-22(15-30(24)14-20-8-5-19(12-27)11-17(20)3)34-26(29-23)25(31)28-13-18-6-9-21(10-7-18)35(4,32)33/h5-11,16,24H,13-15H2,1-4H3,(H,28,31)/t24-/m0/s1. The third-order valence-electron chi connectivity index (χ3n) is 6.22. The quantitative estimate of drug-likeness (QED) is 0.508. The zero-order valence-corrected chi connectivity index (χ0v) is 21.8. The number of nitrogens with zero attached hydrogens (tertiary/aromatic N) is 3. The number of rotatable bonds is 7. The topological polar surface area (TPSA) is 103 Å². The molecule has 1 aliphatic rings. The van der Waals surface area contributed by atoms with Crippen molar-refractivity contribution < 1.29 is 13.2 Å². The second kappa shape index (κ2) is 9.90. The van der Waals surface area contributed by atoms with E-state index in [2.05, 4.69) is 30.1 Å². The Hall–Kier alpha value is -3.06. The van der Waals surface area contributed by atoms with Crippen molar-refractivity contribution in [3.05, 3.63) is 80.3 Å². The summed E-state index contributed by atoms with van der Waals surface area (Å²) in [6, 6.07) is 14.6. The molecule has 0 radical (unpaired) electrons. The molecule has 1 atom stereocenters. The lowest BCUT2D eigenvalue weighted by atomic mass is 10.00. The first kappa shape index (κ1) is 25.0. The van der Waals surface area contributed by atoms with Gasteiger partial charge in [0.25, 0.3) is 5.91 Å². The average molecular weight is 509 g/mol. The first-order chi connectivity index (χ1) is 16.6. The van der Waals surface area contributed by atoms with Gasteiger partial charge in [0.2, 0.25) is 0 Å². The van der Waals surface area contributed by atoms with Crippen molar-refractivity contribution >= 4 is 27.1 Å². The molecular weight excluding hydrogens is 480 g/mol. The minimum Gasteiger partial charge on any atom is -0.346 e. The van der Waals surface area contributed by atoms with Gasteiger partial charge in [0.1, 0.15) is 0 Å². The van der Waals surface area contributed by atoms with Crippen molar-refractivity contribution in [2.75, 3.05) is 6.26 Å². The highest BCUT2D eigenvalue weighted by molar-refractivity contribution is 7.90. The number of nitrogens with one attached hydrogen (secondary N) is 1. The second-order valence-corrected chi connectivity index (χ2v) is 12.4. The molecule has 3 aromatic rings. The molecule has 1 aliphatic heterocycles. The number of thiazole rings is 1. The van der Waals surface area contributed by atoms with Crippen molar-refractivity contribution in [1.82, 2.24) is 15.2 Å². The number of benzene rings is 2. The van der Waals surface area contributed by atoms with Crippen molar-refractivity contribution in [2.24, 2.45) is 5.92 Å². The molecule has 1 amide bonds. The van der Waals surface area contributed by atoms with Crippen LogP contribution >= 0.6 is 11.3 Å². The zero-order chi connectivity index (χ0) is 25.3. The van der Waals surface area contributed by atoms with Crippen molar-refractivity contribution in [1.29, 1.82) is 5.26 Å². The smallest absolute Gasteiger partial charge is 0.280 e. The van der Waals surface area contributed by atoms with E-state index < -0.39 is 9.84 Å². The molecule has 182 valence electrons. The van der Waals surface area contributed by atoms with E-state index in [1.165, 1.54) is 23.2 Å². The van der Waals surface area contributed by atoms with Gasteiger partial charge < -0.3 is 5.32 Å². The van der Waals surface area contributed by atoms with Crippen molar-refractivity contribution in [3.63, 3.8) is 0 Å². The molecule has 0 bridgehead atoms. The molecule has 4 rings (SSSR count). The van der Waals surface area contributed by atoms with E-state index in [1.807, 2.05) is 25.1 Å². The largest absolute Gasteiger partial charge is 0.346 e. The Bertz CT molecular complexity index is 1400. The summed E-state index contributed by atoms with van der Waals surface area (Å²) in [7, 11) is -3.25. The monoisotopic (exact) mass is 508 g/mol. The van der Waals surface area contributed by atoms with Crippen LogP contribution in [0.5, 0.6) is 0 Å². The third kappa shape index (κ3) is 5.45. The number of sulfone groups is 1. The van der Waals surface area contributed by atoms with E-state index in [0.717, 1.165) is 34.8 Å². The van der Waals surface area contributed by atoms with Gasteiger partial charge in [0.15, 0.2) is 14.8 Å². The molecule has 35 heavy (non-hydrogen) atoms. The predicted molar refractivity (Wildman–Crippen MR) is 136 cm³/mol. The van der Waals surface area contributed by atoms with Crippen molar-refractivity contribution in [3.8, 4) is 6.07 Å². The maximum atomic E-state index is 12.8. The van der Waals surface area contributed by atoms with Crippen LogP contribution in [-0.2, 0) is 29.5 Å². The highest BCUT2D eigenvalue weighted by Gasteiger charge is 2.36. The molecule has 0 unspecified atom stereocenters. The summed E-state index contributed by atoms with van der Waals surface area (Å²) in [5.41, 5.74) is 4.73. The van der Waals surface area contributed by atoms with Crippen LogP contribution in [0, 0.1) is 24.2 Å². The third-order valence-corrected chi connectivity index (χ3v) is 8.41. The Morgan fingerprint density at radius 2 is 1.97 bits per heavy atom. The molecule has 0 aliphatic carbocycles. The Morgan fingerprint density at radius 1 is 1.26 bits per heavy atom. The van der Waals surface area contributed by atoms with Gasteiger partial charge in [-0.15, -0.1) is 11.3 Å². The summed E-state index contributed by atoms with van der Waals surface area (Å²) in [5, 5.41) is 12.5. The van der Waals surface area contributed by atoms with Crippen LogP contribution < -0.4 is 5.32 Å². The molecule has 2 heterocycles. The lowest BCUT2D eigenvalue weighted by molar-refractivity contribution is 0.0949. The first-order valence-electron chi connectivity index (χ1n) is 11.4. The molecule has 1 N–H and O–H groups in total. The molecule has 2 aromatic carbocycles. The summed E-state index contributed by atoms with van der Waals surface area (Å²) in [5.74, 6) is 0.0925. The van der Waals surface area contributed by atoms with Crippen LogP contribution in [0.15, 0.2) is 47.4 Å². The van der Waals surface area contributed by atoms with Crippen LogP contribution in [0.25, 0.3) is 0 Å². The fourth-order valence-electron chi connectivity index (χ4n) is 4.43. The number of aryl methyl sites for hydroxylation is 1. The number of carbonyl (C=O) groups excluding carboxylic acids is 1. The number of amides is 1. The molecule has 9 heteroatoms. The van der Waals surface area contributed by atoms with Gasteiger partial charge in [0.05, 0.1) is 28.3 Å². The SMILES string of the molecule is Cc1cc(C#N)ccc1CN1Cc2sc(C(=O)NCc3ccc(S(C)(=O)=O)cc3)nc2[C@@H]1C(C)C. The Morgan fingerprint density at radius 3 is 2.57 bits per heavy atom. The highest BCUT2D eigenvalue weighted by Crippen LogP contribution is 2.42. The van der Waals surface area contributed by atoms with Gasteiger partial charge in [-0.3, -0.25) is 9.69 Å². The zero-order valence-electron chi connectivity index (χ0n) is 20.2. The van der Waals surface area contributed by atoms with Gasteiger partial charge in [-0.1, -0.05) is 32.0 Å². The Balaban J connectivity index is 1.45. The van der Waals surface area contributed by atoms with Gasteiger partial charge in [-0.05, 0) is 53.8 Å². The maximum absolute atomic E-state index is 12.8. The highest BCUT2D eigenvalue weighted by atomic mass is 32.2. The van der Waals surface area contributed by atoms with E-state index >= 15 is 0 Å². The Labute approximate surface area is 210 Å². The fraction of sp³-hybridized carbons (Fsp3) is 0.346. The van der Waals surface area contributed by atoms with Crippen LogP contribution in [-0.4, -0.2) is 30.5 Å². The maximum Gasteiger partial charge on any atom is 0.280 e. The summed E-state index contributed by atoms with van der Waals surface area (Å²) in [4.78, 5) is 21.3. The van der Waals surface area contributed by atoms with Gasteiger partial charge in [-0.2, -0.15) is 5.26 Å². The molecule has 7 nitrogen and oxygen atoms in total. The van der Waals surface area contributed by atoms with E-state index in [0.29, 0.717) is 23.0 Å². The molecule has 0 saturated carbocycles. The predicted octanol–water partition coefficient (Wildman–Crippen LogP) is 4.37. The number of fused-ring (bicyclic) bond motifs is 1. The molecule has 1 aromatic heterocycles. The number of nitriles is 1.